The molecule has 0 spiro atoms. The van der Waals surface area contributed by atoms with Crippen molar-refractivity contribution in [2.75, 3.05) is 0 Å². The van der Waals surface area contributed by atoms with Crippen LogP contribution in [0.4, 0.5) is 0 Å². The zero-order chi connectivity index (χ0) is 18.3. The zero-order valence-corrected chi connectivity index (χ0v) is 16.0. The summed E-state index contributed by atoms with van der Waals surface area (Å²) in [6, 6.07) is 19.0. The lowest BCUT2D eigenvalue weighted by Crippen LogP contribution is -2.40. The Morgan fingerprint density at radius 1 is 0.846 bits per heavy atom. The number of carbonyl (C=O) groups excluding carboxylic acids is 1. The number of benzene rings is 2. The van der Waals surface area contributed by atoms with Gasteiger partial charge in [0.15, 0.2) is 5.78 Å². The molecule has 1 saturated carbocycles. The first-order valence-electron chi connectivity index (χ1n) is 9.83. The summed E-state index contributed by atoms with van der Waals surface area (Å²) in [6.45, 7) is 6.63. The summed E-state index contributed by atoms with van der Waals surface area (Å²) in [6.07, 6.45) is 7.01. The maximum absolute atomic E-state index is 13.5. The molecule has 3 aliphatic carbocycles. The molecule has 0 saturated heterocycles. The van der Waals surface area contributed by atoms with E-state index in [0.29, 0.717) is 23.5 Å². The highest BCUT2D eigenvalue weighted by atomic mass is 16.1. The van der Waals surface area contributed by atoms with Crippen LogP contribution in [0.25, 0.3) is 0 Å². The number of carbonyl (C=O) groups is 1. The quantitative estimate of drug-likeness (QED) is 0.481. The minimum absolute atomic E-state index is 0.0710. The summed E-state index contributed by atoms with van der Waals surface area (Å²) in [5.41, 5.74) is 3.57. The van der Waals surface area contributed by atoms with Crippen LogP contribution in [-0.2, 0) is 5.41 Å². The third-order valence-electron chi connectivity index (χ3n) is 6.27. The van der Waals surface area contributed by atoms with Crippen LogP contribution in [0.2, 0.25) is 0 Å². The lowest BCUT2D eigenvalue weighted by molar-refractivity contribution is 0.0770. The van der Waals surface area contributed by atoms with E-state index < -0.39 is 0 Å². The highest BCUT2D eigenvalue weighted by Gasteiger charge is 2.45. The van der Waals surface area contributed by atoms with Crippen molar-refractivity contribution in [2.45, 2.75) is 44.9 Å². The highest BCUT2D eigenvalue weighted by molar-refractivity contribution is 5.99. The Hall–Kier alpha value is -2.15. The van der Waals surface area contributed by atoms with Gasteiger partial charge in [-0.3, -0.25) is 4.79 Å². The molecule has 0 aromatic heterocycles. The molecule has 0 radical (unpaired) electrons. The standard InChI is InChI=1S/C25H28O/c1-25(2,3)21-15-13-20(14-16-21)24(26)23-19-11-9-18(10-12-19)22(23)17-7-5-4-6-8-17/h4-9,11,13-16,18-19,22-23H,10,12H2,1-3H3/t18?,19?,22?,23-/m0/s1. The van der Waals surface area contributed by atoms with Crippen LogP contribution in [0.1, 0.15) is 61.0 Å². The van der Waals surface area contributed by atoms with Crippen LogP contribution >= 0.6 is 0 Å². The predicted octanol–water partition coefficient (Wildman–Crippen LogP) is 6.16. The predicted molar refractivity (Wildman–Crippen MR) is 107 cm³/mol. The molecule has 5 rings (SSSR count). The molecule has 2 aromatic rings. The molecular formula is C25H28O. The average Bonchev–Trinajstić information content (AvgIpc) is 2.68. The summed E-state index contributed by atoms with van der Waals surface area (Å²) >= 11 is 0. The molecule has 0 N–H and O–H groups in total. The molecule has 134 valence electrons. The Morgan fingerprint density at radius 2 is 1.46 bits per heavy atom. The Bertz CT molecular complexity index is 807. The van der Waals surface area contributed by atoms with Gasteiger partial charge >= 0.3 is 0 Å². The smallest absolute Gasteiger partial charge is 0.167 e. The van der Waals surface area contributed by atoms with E-state index in [9.17, 15) is 4.79 Å². The van der Waals surface area contributed by atoms with Gasteiger partial charge in [-0.1, -0.05) is 87.5 Å². The van der Waals surface area contributed by atoms with E-state index in [1.807, 2.05) is 12.1 Å². The van der Waals surface area contributed by atoms with Gasteiger partial charge in [-0.05, 0) is 41.2 Å². The topological polar surface area (TPSA) is 17.1 Å². The van der Waals surface area contributed by atoms with Gasteiger partial charge < -0.3 is 0 Å². The molecule has 2 bridgehead atoms. The Morgan fingerprint density at radius 3 is 2.04 bits per heavy atom. The van der Waals surface area contributed by atoms with Crippen molar-refractivity contribution < 1.29 is 4.79 Å². The van der Waals surface area contributed by atoms with E-state index in [1.54, 1.807) is 0 Å². The minimum atomic E-state index is 0.0710. The van der Waals surface area contributed by atoms with Crippen LogP contribution < -0.4 is 0 Å². The first-order valence-corrected chi connectivity index (χ1v) is 9.83. The molecule has 1 fully saturated rings. The van der Waals surface area contributed by atoms with Gasteiger partial charge in [0, 0.05) is 17.4 Å². The summed E-state index contributed by atoms with van der Waals surface area (Å²) in [4.78, 5) is 13.5. The second-order valence-electron chi connectivity index (χ2n) is 8.94. The molecule has 1 heteroatoms. The van der Waals surface area contributed by atoms with Crippen molar-refractivity contribution in [2.24, 2.45) is 17.8 Å². The summed E-state index contributed by atoms with van der Waals surface area (Å²) in [5.74, 6) is 1.57. The SMILES string of the molecule is CC(C)(C)c1ccc(C(=O)[C@H]2C3C=CC(CC3)C2c2ccccc2)cc1. The fourth-order valence-electron chi connectivity index (χ4n) is 4.81. The van der Waals surface area contributed by atoms with Gasteiger partial charge in [0.25, 0.3) is 0 Å². The molecular weight excluding hydrogens is 316 g/mol. The van der Waals surface area contributed by atoms with E-state index in [0.717, 1.165) is 12.0 Å². The van der Waals surface area contributed by atoms with Crippen LogP contribution in [0, 0.1) is 17.8 Å². The van der Waals surface area contributed by atoms with E-state index in [4.69, 9.17) is 0 Å². The number of fused-ring (bicyclic) bond motifs is 2. The molecule has 0 aliphatic heterocycles. The van der Waals surface area contributed by atoms with E-state index in [-0.39, 0.29) is 11.3 Å². The number of allylic oxidation sites excluding steroid dienone is 2. The van der Waals surface area contributed by atoms with E-state index >= 15 is 0 Å². The molecule has 26 heavy (non-hydrogen) atoms. The molecule has 0 amide bonds. The van der Waals surface area contributed by atoms with Crippen molar-refractivity contribution in [1.29, 1.82) is 0 Å². The molecule has 0 heterocycles. The maximum Gasteiger partial charge on any atom is 0.167 e. The first kappa shape index (κ1) is 17.3. The summed E-state index contributed by atoms with van der Waals surface area (Å²) < 4.78 is 0. The molecule has 3 aliphatic rings. The number of hydrogen-bond acceptors (Lipinski definition) is 1. The van der Waals surface area contributed by atoms with Crippen LogP contribution in [0.3, 0.4) is 0 Å². The molecule has 4 atom stereocenters. The first-order chi connectivity index (χ1) is 12.4. The van der Waals surface area contributed by atoms with Gasteiger partial charge in [0.05, 0.1) is 0 Å². The summed E-state index contributed by atoms with van der Waals surface area (Å²) in [5, 5.41) is 0. The van der Waals surface area contributed by atoms with Gasteiger partial charge in [0.1, 0.15) is 0 Å². The van der Waals surface area contributed by atoms with Crippen LogP contribution in [-0.4, -0.2) is 5.78 Å². The van der Waals surface area contributed by atoms with Crippen molar-refractivity contribution in [3.8, 4) is 0 Å². The third-order valence-corrected chi connectivity index (χ3v) is 6.27. The largest absolute Gasteiger partial charge is 0.294 e. The van der Waals surface area contributed by atoms with Gasteiger partial charge in [0.2, 0.25) is 0 Å². The molecule has 1 nitrogen and oxygen atoms in total. The maximum atomic E-state index is 13.5. The van der Waals surface area contributed by atoms with Crippen molar-refractivity contribution in [3.05, 3.63) is 83.4 Å². The number of ketones is 1. The van der Waals surface area contributed by atoms with Crippen molar-refractivity contribution in [1.82, 2.24) is 0 Å². The Kier molecular flexibility index (Phi) is 4.34. The molecule has 3 unspecified atom stereocenters. The van der Waals surface area contributed by atoms with Crippen LogP contribution in [0.5, 0.6) is 0 Å². The fourth-order valence-corrected chi connectivity index (χ4v) is 4.81. The van der Waals surface area contributed by atoms with Gasteiger partial charge in [-0.2, -0.15) is 0 Å². The van der Waals surface area contributed by atoms with Gasteiger partial charge in [-0.25, -0.2) is 0 Å². The summed E-state index contributed by atoms with van der Waals surface area (Å²) in [7, 11) is 0. The zero-order valence-electron chi connectivity index (χ0n) is 16.0. The van der Waals surface area contributed by atoms with Crippen molar-refractivity contribution >= 4 is 5.78 Å². The second kappa shape index (κ2) is 6.54. The normalized spacial score (nSPS) is 27.5. The number of hydrogen-bond donors (Lipinski definition) is 0. The average molecular weight is 344 g/mol. The monoisotopic (exact) mass is 344 g/mol. The lowest BCUT2D eigenvalue weighted by atomic mass is 9.58. The van der Waals surface area contributed by atoms with E-state index in [1.165, 1.54) is 17.5 Å². The number of rotatable bonds is 3. The fraction of sp³-hybridized carbons (Fsp3) is 0.400. The molecule has 2 aromatic carbocycles. The third kappa shape index (κ3) is 3.05. The van der Waals surface area contributed by atoms with Gasteiger partial charge in [-0.15, -0.1) is 0 Å². The second-order valence-corrected chi connectivity index (χ2v) is 8.94. The minimum Gasteiger partial charge on any atom is -0.294 e. The van der Waals surface area contributed by atoms with E-state index in [2.05, 4.69) is 75.4 Å². The number of Topliss-reactive ketones (excluding diaryl/α,β-unsaturated/α-hetero) is 1. The van der Waals surface area contributed by atoms with Crippen molar-refractivity contribution in [3.63, 3.8) is 0 Å². The lowest BCUT2D eigenvalue weighted by Gasteiger charge is -2.44. The highest BCUT2D eigenvalue weighted by Crippen LogP contribution is 2.51. The Labute approximate surface area is 157 Å². The Balaban J connectivity index is 1.68. The van der Waals surface area contributed by atoms with Crippen LogP contribution in [0.15, 0.2) is 66.7 Å².